The SMILES string of the molecule is CCC(C)(C)C(=O)OCCCC(F)F. The molecule has 84 valence electrons. The third-order valence-electron chi connectivity index (χ3n) is 2.24. The van der Waals surface area contributed by atoms with Crippen LogP contribution in [0.15, 0.2) is 0 Å². The van der Waals surface area contributed by atoms with Crippen LogP contribution in [0.25, 0.3) is 0 Å². The first-order valence-electron chi connectivity index (χ1n) is 4.85. The molecule has 0 N–H and O–H groups in total. The molecule has 0 atom stereocenters. The molecule has 0 saturated carbocycles. The fourth-order valence-electron chi connectivity index (χ4n) is 0.742. The molecule has 0 fully saturated rings. The highest BCUT2D eigenvalue weighted by atomic mass is 19.3. The molecule has 0 aliphatic heterocycles. The summed E-state index contributed by atoms with van der Waals surface area (Å²) < 4.78 is 28.3. The van der Waals surface area contributed by atoms with E-state index in [1.54, 1.807) is 13.8 Å². The Morgan fingerprint density at radius 3 is 2.43 bits per heavy atom. The molecule has 0 amide bonds. The van der Waals surface area contributed by atoms with Crippen LogP contribution in [0.3, 0.4) is 0 Å². The lowest BCUT2D eigenvalue weighted by Gasteiger charge is -2.20. The quantitative estimate of drug-likeness (QED) is 0.495. The molecule has 14 heavy (non-hydrogen) atoms. The van der Waals surface area contributed by atoms with Gasteiger partial charge in [-0.2, -0.15) is 0 Å². The van der Waals surface area contributed by atoms with Crippen molar-refractivity contribution in [3.05, 3.63) is 0 Å². The Hall–Kier alpha value is -0.670. The first-order chi connectivity index (χ1) is 6.40. The Labute approximate surface area is 83.6 Å². The number of carbonyl (C=O) groups excluding carboxylic acids is 1. The number of ether oxygens (including phenoxy) is 1. The van der Waals surface area contributed by atoms with E-state index in [1.165, 1.54) is 0 Å². The van der Waals surface area contributed by atoms with E-state index in [1.807, 2.05) is 6.92 Å². The minimum atomic E-state index is -2.31. The largest absolute Gasteiger partial charge is 0.465 e. The van der Waals surface area contributed by atoms with Crippen molar-refractivity contribution in [2.75, 3.05) is 6.61 Å². The average Bonchev–Trinajstić information content (AvgIpc) is 2.11. The molecule has 0 saturated heterocycles. The summed E-state index contributed by atoms with van der Waals surface area (Å²) in [7, 11) is 0. The molecule has 0 aromatic heterocycles. The second kappa shape index (κ2) is 5.94. The van der Waals surface area contributed by atoms with Gasteiger partial charge in [0.25, 0.3) is 0 Å². The van der Waals surface area contributed by atoms with Gasteiger partial charge in [-0.05, 0) is 26.7 Å². The van der Waals surface area contributed by atoms with E-state index in [2.05, 4.69) is 0 Å². The topological polar surface area (TPSA) is 26.3 Å². The number of hydrogen-bond donors (Lipinski definition) is 0. The molecule has 2 nitrogen and oxygen atoms in total. The van der Waals surface area contributed by atoms with E-state index in [4.69, 9.17) is 4.74 Å². The van der Waals surface area contributed by atoms with Gasteiger partial charge in [0.15, 0.2) is 0 Å². The third kappa shape index (κ3) is 5.14. The van der Waals surface area contributed by atoms with Crippen LogP contribution < -0.4 is 0 Å². The molecule has 0 bridgehead atoms. The highest BCUT2D eigenvalue weighted by Gasteiger charge is 2.26. The summed E-state index contributed by atoms with van der Waals surface area (Å²) in [5, 5.41) is 0. The molecule has 0 aromatic carbocycles. The van der Waals surface area contributed by atoms with Gasteiger partial charge in [-0.15, -0.1) is 0 Å². The van der Waals surface area contributed by atoms with Gasteiger partial charge in [0, 0.05) is 6.42 Å². The van der Waals surface area contributed by atoms with Gasteiger partial charge in [-0.1, -0.05) is 6.92 Å². The molecule has 0 unspecified atom stereocenters. The van der Waals surface area contributed by atoms with Crippen molar-refractivity contribution in [1.29, 1.82) is 0 Å². The average molecular weight is 208 g/mol. The van der Waals surface area contributed by atoms with Crippen LogP contribution in [0.4, 0.5) is 8.78 Å². The zero-order chi connectivity index (χ0) is 11.2. The van der Waals surface area contributed by atoms with Crippen LogP contribution in [0.2, 0.25) is 0 Å². The van der Waals surface area contributed by atoms with E-state index in [9.17, 15) is 13.6 Å². The second-order valence-electron chi connectivity index (χ2n) is 3.91. The van der Waals surface area contributed by atoms with Crippen molar-refractivity contribution in [1.82, 2.24) is 0 Å². The molecule has 0 spiro atoms. The first-order valence-corrected chi connectivity index (χ1v) is 4.85. The Balaban J connectivity index is 3.64. The fraction of sp³-hybridized carbons (Fsp3) is 0.900. The molecule has 0 rings (SSSR count). The van der Waals surface area contributed by atoms with E-state index in [0.717, 1.165) is 0 Å². The van der Waals surface area contributed by atoms with E-state index in [-0.39, 0.29) is 25.4 Å². The van der Waals surface area contributed by atoms with Crippen LogP contribution in [-0.4, -0.2) is 19.0 Å². The Morgan fingerprint density at radius 1 is 1.43 bits per heavy atom. The maximum absolute atomic E-state index is 11.7. The number of alkyl halides is 2. The second-order valence-corrected chi connectivity index (χ2v) is 3.91. The summed E-state index contributed by atoms with van der Waals surface area (Å²) >= 11 is 0. The van der Waals surface area contributed by atoms with Crippen LogP contribution in [-0.2, 0) is 9.53 Å². The molecule has 4 heteroatoms. The molecular weight excluding hydrogens is 190 g/mol. The zero-order valence-electron chi connectivity index (χ0n) is 8.98. The predicted molar refractivity (Wildman–Crippen MR) is 50.3 cm³/mol. The minimum Gasteiger partial charge on any atom is -0.465 e. The van der Waals surface area contributed by atoms with Gasteiger partial charge >= 0.3 is 5.97 Å². The standard InChI is InChI=1S/C10H18F2O2/c1-4-10(2,3)9(13)14-7-5-6-8(11)12/h8H,4-7H2,1-3H3. The van der Waals surface area contributed by atoms with E-state index in [0.29, 0.717) is 6.42 Å². The summed E-state index contributed by atoms with van der Waals surface area (Å²) in [4.78, 5) is 11.3. The minimum absolute atomic E-state index is 0.0899. The molecule has 0 aliphatic carbocycles. The molecule has 0 heterocycles. The van der Waals surface area contributed by atoms with Crippen molar-refractivity contribution in [2.45, 2.75) is 46.5 Å². The Bertz CT molecular complexity index is 179. The fourth-order valence-corrected chi connectivity index (χ4v) is 0.742. The maximum atomic E-state index is 11.7. The van der Waals surface area contributed by atoms with Gasteiger partial charge in [0.2, 0.25) is 6.43 Å². The van der Waals surface area contributed by atoms with Crippen molar-refractivity contribution < 1.29 is 18.3 Å². The van der Waals surface area contributed by atoms with Crippen LogP contribution in [0.1, 0.15) is 40.0 Å². The molecule has 0 aliphatic rings. The summed E-state index contributed by atoms with van der Waals surface area (Å²) in [5.41, 5.74) is -0.509. The predicted octanol–water partition coefficient (Wildman–Crippen LogP) is 3.01. The summed E-state index contributed by atoms with van der Waals surface area (Å²) in [6.07, 6.45) is -1.61. The number of rotatable bonds is 6. The number of hydrogen-bond acceptors (Lipinski definition) is 2. The van der Waals surface area contributed by atoms with Crippen LogP contribution >= 0.6 is 0 Å². The van der Waals surface area contributed by atoms with Crippen molar-refractivity contribution >= 4 is 5.97 Å². The van der Waals surface area contributed by atoms with Gasteiger partial charge in [0.1, 0.15) is 0 Å². The van der Waals surface area contributed by atoms with Crippen molar-refractivity contribution in [2.24, 2.45) is 5.41 Å². The first kappa shape index (κ1) is 13.3. The van der Waals surface area contributed by atoms with Crippen LogP contribution in [0, 0.1) is 5.41 Å². The van der Waals surface area contributed by atoms with E-state index < -0.39 is 11.8 Å². The number of carbonyl (C=O) groups is 1. The molecular formula is C10H18F2O2. The highest BCUT2D eigenvalue weighted by molar-refractivity contribution is 5.75. The van der Waals surface area contributed by atoms with Crippen LogP contribution in [0.5, 0.6) is 0 Å². The van der Waals surface area contributed by atoms with Gasteiger partial charge < -0.3 is 4.74 Å². The third-order valence-corrected chi connectivity index (χ3v) is 2.24. The maximum Gasteiger partial charge on any atom is 0.311 e. The number of esters is 1. The lowest BCUT2D eigenvalue weighted by Crippen LogP contribution is -2.26. The molecule has 0 radical (unpaired) electrons. The normalized spacial score (nSPS) is 11.9. The Kier molecular flexibility index (Phi) is 5.65. The number of halogens is 2. The Morgan fingerprint density at radius 2 is 2.00 bits per heavy atom. The van der Waals surface area contributed by atoms with Gasteiger partial charge in [0.05, 0.1) is 12.0 Å². The highest BCUT2D eigenvalue weighted by Crippen LogP contribution is 2.21. The lowest BCUT2D eigenvalue weighted by molar-refractivity contribution is -0.154. The van der Waals surface area contributed by atoms with Crippen molar-refractivity contribution in [3.8, 4) is 0 Å². The smallest absolute Gasteiger partial charge is 0.311 e. The zero-order valence-corrected chi connectivity index (χ0v) is 8.98. The van der Waals surface area contributed by atoms with Gasteiger partial charge in [-0.25, -0.2) is 8.78 Å². The molecule has 0 aromatic rings. The summed E-state index contributed by atoms with van der Waals surface area (Å²) in [6.45, 7) is 5.54. The lowest BCUT2D eigenvalue weighted by atomic mass is 9.91. The van der Waals surface area contributed by atoms with Gasteiger partial charge in [-0.3, -0.25) is 4.79 Å². The van der Waals surface area contributed by atoms with Crippen molar-refractivity contribution in [3.63, 3.8) is 0 Å². The summed E-state index contributed by atoms with van der Waals surface area (Å²) in [6, 6.07) is 0. The monoisotopic (exact) mass is 208 g/mol. The summed E-state index contributed by atoms with van der Waals surface area (Å²) in [5.74, 6) is -0.311. The van der Waals surface area contributed by atoms with E-state index >= 15 is 0 Å².